The monoisotopic (exact) mass is 410 g/mol. The summed E-state index contributed by atoms with van der Waals surface area (Å²) in [5.74, 6) is -0.130. The van der Waals surface area contributed by atoms with Crippen LogP contribution in [-0.2, 0) is 11.2 Å². The topological polar surface area (TPSA) is 88.4 Å². The molecule has 2 heterocycles. The number of aliphatic carboxylic acids is 1. The number of rotatable bonds is 6. The number of benzene rings is 2. The van der Waals surface area contributed by atoms with Gasteiger partial charge in [-0.25, -0.2) is 0 Å². The summed E-state index contributed by atoms with van der Waals surface area (Å²) in [7, 11) is 1.50. The van der Waals surface area contributed by atoms with Gasteiger partial charge in [-0.2, -0.15) is 0 Å². The number of carbonyl (C=O) groups is 2. The molecule has 0 saturated carbocycles. The predicted molar refractivity (Wildman–Crippen MR) is 116 cm³/mol. The van der Waals surface area contributed by atoms with E-state index in [-0.39, 0.29) is 25.0 Å². The lowest BCUT2D eigenvalue weighted by atomic mass is 10.1. The molecule has 1 amide bonds. The van der Waals surface area contributed by atoms with Crippen LogP contribution in [0.4, 0.5) is 11.4 Å². The van der Waals surface area contributed by atoms with Gasteiger partial charge in [0.05, 0.1) is 31.0 Å². The van der Waals surface area contributed by atoms with Crippen molar-refractivity contribution in [3.8, 4) is 11.5 Å². The van der Waals surface area contributed by atoms with Gasteiger partial charge in [-0.15, -0.1) is 0 Å². The van der Waals surface area contributed by atoms with E-state index in [9.17, 15) is 9.59 Å². The number of amides is 1. The first-order valence-electron chi connectivity index (χ1n) is 10.1. The summed E-state index contributed by atoms with van der Waals surface area (Å²) in [5.41, 5.74) is 3.00. The fraction of sp³-hybridized carbons (Fsp3) is 0.348. The van der Waals surface area contributed by atoms with Crippen LogP contribution in [0.1, 0.15) is 42.6 Å². The second-order valence-corrected chi connectivity index (χ2v) is 6.72. The van der Waals surface area contributed by atoms with Crippen LogP contribution in [-0.4, -0.2) is 43.0 Å². The molecular formula is C23H26N2O5. The minimum Gasteiger partial charge on any atom is -0.493 e. The zero-order chi connectivity index (χ0) is 21.7. The van der Waals surface area contributed by atoms with Gasteiger partial charge in [0, 0.05) is 30.8 Å². The highest BCUT2D eigenvalue weighted by Gasteiger charge is 2.36. The van der Waals surface area contributed by atoms with Crippen molar-refractivity contribution in [1.29, 1.82) is 0 Å². The summed E-state index contributed by atoms with van der Waals surface area (Å²) in [6, 6.07) is 11.1. The maximum atomic E-state index is 13.3. The average Bonchev–Trinajstić information content (AvgIpc) is 3.08. The second-order valence-electron chi connectivity index (χ2n) is 6.72. The molecule has 2 aliphatic rings. The summed E-state index contributed by atoms with van der Waals surface area (Å²) in [4.78, 5) is 30.2. The Morgan fingerprint density at radius 2 is 2.00 bits per heavy atom. The molecule has 0 aromatic heterocycles. The maximum Gasteiger partial charge on any atom is 0.303 e. The first-order chi connectivity index (χ1) is 14.6. The number of carboxylic acid groups (broad SMARTS) is 1. The predicted octanol–water partition coefficient (Wildman–Crippen LogP) is 4.25. The average molecular weight is 410 g/mol. The summed E-state index contributed by atoms with van der Waals surface area (Å²) < 4.78 is 11.1. The second kappa shape index (κ2) is 9.43. The number of methoxy groups -OCH3 is 1. The Kier molecular flexibility index (Phi) is 6.72. The van der Waals surface area contributed by atoms with Crippen LogP contribution in [0.15, 0.2) is 41.4 Å². The molecule has 1 N–H and O–H groups in total. The van der Waals surface area contributed by atoms with Crippen molar-refractivity contribution in [2.75, 3.05) is 18.6 Å². The van der Waals surface area contributed by atoms with E-state index in [4.69, 9.17) is 14.6 Å². The van der Waals surface area contributed by atoms with Gasteiger partial charge in [0.1, 0.15) is 0 Å². The molecule has 158 valence electrons. The Bertz CT molecular complexity index is 970. The number of carboxylic acids is 1. The van der Waals surface area contributed by atoms with Crippen LogP contribution >= 0.6 is 0 Å². The van der Waals surface area contributed by atoms with E-state index in [1.807, 2.05) is 38.1 Å². The Balaban J connectivity index is 0.00000124. The minimum atomic E-state index is -0.867. The molecule has 2 aliphatic heterocycles. The van der Waals surface area contributed by atoms with E-state index in [1.54, 1.807) is 23.2 Å². The summed E-state index contributed by atoms with van der Waals surface area (Å²) in [5, 5.41) is 8.74. The van der Waals surface area contributed by atoms with Gasteiger partial charge in [-0.3, -0.25) is 19.5 Å². The van der Waals surface area contributed by atoms with Crippen molar-refractivity contribution in [3.63, 3.8) is 0 Å². The summed E-state index contributed by atoms with van der Waals surface area (Å²) in [6.07, 6.45) is 2.93. The van der Waals surface area contributed by atoms with E-state index in [2.05, 4.69) is 4.99 Å². The number of hydrogen-bond donors (Lipinski definition) is 1. The van der Waals surface area contributed by atoms with Crippen molar-refractivity contribution in [2.45, 2.75) is 39.2 Å². The summed E-state index contributed by atoms with van der Waals surface area (Å²) >= 11 is 0. The molecule has 30 heavy (non-hydrogen) atoms. The molecule has 0 bridgehead atoms. The van der Waals surface area contributed by atoms with Crippen molar-refractivity contribution < 1.29 is 24.2 Å². The molecule has 2 aromatic rings. The van der Waals surface area contributed by atoms with E-state index in [1.165, 1.54) is 7.11 Å². The summed E-state index contributed by atoms with van der Waals surface area (Å²) in [6.45, 7) is 4.24. The van der Waals surface area contributed by atoms with Crippen LogP contribution < -0.4 is 14.4 Å². The Morgan fingerprint density at radius 3 is 2.73 bits per heavy atom. The lowest BCUT2D eigenvalue weighted by Gasteiger charge is -2.22. The van der Waals surface area contributed by atoms with Gasteiger partial charge >= 0.3 is 5.97 Å². The Hall–Kier alpha value is -3.35. The normalized spacial score (nSPS) is 15.9. The molecule has 0 saturated heterocycles. The molecule has 4 rings (SSSR count). The Labute approximate surface area is 175 Å². The van der Waals surface area contributed by atoms with Crippen molar-refractivity contribution in [2.24, 2.45) is 4.99 Å². The number of ether oxygens (including phenoxy) is 2. The molecular weight excluding hydrogens is 384 g/mol. The smallest absolute Gasteiger partial charge is 0.303 e. The number of carbonyl (C=O) groups excluding carboxylic acids is 1. The maximum absolute atomic E-state index is 13.3. The van der Waals surface area contributed by atoms with Crippen molar-refractivity contribution in [3.05, 3.63) is 47.5 Å². The third kappa shape index (κ3) is 4.15. The molecule has 0 radical (unpaired) electrons. The lowest BCUT2D eigenvalue weighted by Crippen LogP contribution is -2.37. The van der Waals surface area contributed by atoms with E-state index >= 15 is 0 Å². The molecule has 1 unspecified atom stereocenters. The van der Waals surface area contributed by atoms with Crippen LogP contribution in [0.2, 0.25) is 0 Å². The number of nitrogens with zero attached hydrogens (tertiary/aromatic N) is 2. The number of aliphatic imine (C=N–C) groups is 1. The van der Waals surface area contributed by atoms with Gasteiger partial charge in [0.25, 0.3) is 5.91 Å². The van der Waals surface area contributed by atoms with Crippen LogP contribution in [0, 0.1) is 0 Å². The number of anilines is 1. The first kappa shape index (κ1) is 21.4. The first-order valence-corrected chi connectivity index (χ1v) is 10.1. The molecule has 0 aliphatic carbocycles. The quantitative estimate of drug-likeness (QED) is 0.719. The molecule has 7 heteroatoms. The zero-order valence-corrected chi connectivity index (χ0v) is 17.4. The molecule has 7 nitrogen and oxygen atoms in total. The third-order valence-corrected chi connectivity index (χ3v) is 4.92. The molecule has 1 atom stereocenters. The molecule has 0 spiro atoms. The van der Waals surface area contributed by atoms with E-state index in [0.717, 1.165) is 17.7 Å². The van der Waals surface area contributed by atoms with Gasteiger partial charge in [-0.1, -0.05) is 32.0 Å². The van der Waals surface area contributed by atoms with Gasteiger partial charge in [-0.05, 0) is 24.1 Å². The largest absolute Gasteiger partial charge is 0.493 e. The highest BCUT2D eigenvalue weighted by Crippen LogP contribution is 2.40. The van der Waals surface area contributed by atoms with E-state index in [0.29, 0.717) is 29.2 Å². The SMILES string of the molecule is CC.COc1cc2c(cc1OCCCC(=O)O)N=CC1Cc3ccccc3N1C2=O. The fourth-order valence-electron chi connectivity index (χ4n) is 3.59. The third-order valence-electron chi connectivity index (χ3n) is 4.92. The zero-order valence-electron chi connectivity index (χ0n) is 17.4. The highest BCUT2D eigenvalue weighted by atomic mass is 16.5. The molecule has 2 aromatic carbocycles. The fourth-order valence-corrected chi connectivity index (χ4v) is 3.59. The van der Waals surface area contributed by atoms with Crippen LogP contribution in [0.3, 0.4) is 0 Å². The standard InChI is InChI=1S/C21H20N2O5.C2H6/c1-27-18-10-15-16(11-19(18)28-8-4-7-20(24)25)22-12-14-9-13-5-2-3-6-17(13)23(14)21(15)26;1-2/h2-3,5-6,10-12,14H,4,7-9H2,1H3,(H,24,25);1-2H3. The number of hydrogen-bond acceptors (Lipinski definition) is 5. The van der Waals surface area contributed by atoms with Crippen molar-refractivity contribution >= 4 is 29.5 Å². The Morgan fingerprint density at radius 1 is 1.23 bits per heavy atom. The molecule has 0 fully saturated rings. The van der Waals surface area contributed by atoms with Gasteiger partial charge < -0.3 is 14.6 Å². The minimum absolute atomic E-state index is 0.0277. The van der Waals surface area contributed by atoms with Crippen molar-refractivity contribution in [1.82, 2.24) is 0 Å². The van der Waals surface area contributed by atoms with Gasteiger partial charge in [0.2, 0.25) is 0 Å². The lowest BCUT2D eigenvalue weighted by molar-refractivity contribution is -0.137. The van der Waals surface area contributed by atoms with Crippen LogP contribution in [0.25, 0.3) is 0 Å². The highest BCUT2D eigenvalue weighted by molar-refractivity contribution is 6.14. The number of fused-ring (bicyclic) bond motifs is 4. The number of para-hydroxylation sites is 1. The van der Waals surface area contributed by atoms with Gasteiger partial charge in [0.15, 0.2) is 11.5 Å². The van der Waals surface area contributed by atoms with E-state index < -0.39 is 5.97 Å². The van der Waals surface area contributed by atoms with Crippen LogP contribution in [0.5, 0.6) is 11.5 Å².